The molecule has 148 valence electrons. The summed E-state index contributed by atoms with van der Waals surface area (Å²) < 4.78 is 63.5. The molecule has 0 saturated carbocycles. The number of alkyl halides is 3. The van der Waals surface area contributed by atoms with Crippen molar-refractivity contribution in [2.75, 3.05) is 24.5 Å². The minimum absolute atomic E-state index is 0.144. The van der Waals surface area contributed by atoms with E-state index < -0.39 is 22.2 Å². The maximum atomic E-state index is 13.2. The second-order valence-corrected chi connectivity index (χ2v) is 8.20. The van der Waals surface area contributed by atoms with Crippen molar-refractivity contribution in [3.63, 3.8) is 0 Å². The number of aryl methyl sites for hydroxylation is 2. The van der Waals surface area contributed by atoms with Gasteiger partial charge in [-0.25, -0.2) is 19.8 Å². The summed E-state index contributed by atoms with van der Waals surface area (Å²) in [5, 5.41) is 5.45. The molecule has 7 nitrogen and oxygen atoms in total. The van der Waals surface area contributed by atoms with Gasteiger partial charge in [0.15, 0.2) is 0 Å². The van der Waals surface area contributed by atoms with Gasteiger partial charge in [0.2, 0.25) is 5.82 Å². The fraction of sp³-hybridized carbons (Fsp3) is 0.500. The lowest BCUT2D eigenvalue weighted by molar-refractivity contribution is -0.144. The Labute approximate surface area is 155 Å². The normalized spacial score (nSPS) is 16.0. The first-order chi connectivity index (χ1) is 12.4. The van der Waals surface area contributed by atoms with Crippen LogP contribution in [-0.4, -0.2) is 38.0 Å². The van der Waals surface area contributed by atoms with Crippen molar-refractivity contribution >= 4 is 26.9 Å². The molecule has 1 aromatic carbocycles. The predicted molar refractivity (Wildman–Crippen MR) is 95.4 cm³/mol. The van der Waals surface area contributed by atoms with Gasteiger partial charge in [-0.3, -0.25) is 0 Å². The Morgan fingerprint density at radius 3 is 2.44 bits per heavy atom. The van der Waals surface area contributed by atoms with Crippen LogP contribution in [0.25, 0.3) is 10.9 Å². The molecule has 1 fully saturated rings. The summed E-state index contributed by atoms with van der Waals surface area (Å²) in [5.74, 6) is -0.760. The number of fused-ring (bicyclic) bond motifs is 1. The van der Waals surface area contributed by atoms with Crippen molar-refractivity contribution < 1.29 is 21.6 Å². The molecule has 2 heterocycles. The summed E-state index contributed by atoms with van der Waals surface area (Å²) in [6.07, 6.45) is -4.09. The third-order valence-electron chi connectivity index (χ3n) is 4.66. The van der Waals surface area contributed by atoms with Crippen LogP contribution in [-0.2, 0) is 16.4 Å². The Kier molecular flexibility index (Phi) is 5.04. The first kappa shape index (κ1) is 19.8. The largest absolute Gasteiger partial charge is 0.451 e. The molecule has 1 aliphatic rings. The van der Waals surface area contributed by atoms with Gasteiger partial charge in [0, 0.05) is 25.0 Å². The molecule has 0 aliphatic carbocycles. The Morgan fingerprint density at radius 2 is 1.85 bits per heavy atom. The van der Waals surface area contributed by atoms with Crippen LogP contribution in [0, 0.1) is 19.8 Å². The zero-order valence-electron chi connectivity index (χ0n) is 14.8. The first-order valence-electron chi connectivity index (χ1n) is 8.32. The van der Waals surface area contributed by atoms with E-state index in [-0.39, 0.29) is 23.8 Å². The molecule has 0 spiro atoms. The molecule has 2 aromatic rings. The van der Waals surface area contributed by atoms with E-state index in [9.17, 15) is 21.6 Å². The number of benzene rings is 1. The number of nitrogens with one attached hydrogen (secondary N) is 1. The van der Waals surface area contributed by atoms with Gasteiger partial charge >= 0.3 is 6.18 Å². The van der Waals surface area contributed by atoms with Crippen molar-refractivity contribution in [1.29, 1.82) is 0 Å². The fourth-order valence-corrected chi connectivity index (χ4v) is 3.47. The smallest absolute Gasteiger partial charge is 0.355 e. The average Bonchev–Trinajstić information content (AvgIpc) is 2.48. The van der Waals surface area contributed by atoms with Crippen molar-refractivity contribution in [1.82, 2.24) is 14.7 Å². The predicted octanol–water partition coefficient (Wildman–Crippen LogP) is 1.88. The lowest BCUT2D eigenvalue weighted by Gasteiger charge is -2.41. The SMILES string of the molecule is Cc1cc2nc(C(F)(F)F)nc(N3CC(CCNS(N)(=O)=O)C3)c2cc1C. The van der Waals surface area contributed by atoms with Crippen LogP contribution in [0.5, 0.6) is 0 Å². The third-order valence-corrected chi connectivity index (χ3v) is 5.26. The molecule has 27 heavy (non-hydrogen) atoms. The molecular formula is C16H20F3N5O2S. The van der Waals surface area contributed by atoms with Crippen molar-refractivity contribution in [3.8, 4) is 0 Å². The summed E-state index contributed by atoms with van der Waals surface area (Å²) in [7, 11) is -3.74. The highest BCUT2D eigenvalue weighted by Gasteiger charge is 2.37. The van der Waals surface area contributed by atoms with E-state index in [0.717, 1.165) is 11.1 Å². The number of aromatic nitrogens is 2. The first-order valence-corrected chi connectivity index (χ1v) is 9.87. The molecule has 1 aliphatic heterocycles. The van der Waals surface area contributed by atoms with E-state index in [4.69, 9.17) is 5.14 Å². The van der Waals surface area contributed by atoms with Crippen LogP contribution in [0.2, 0.25) is 0 Å². The van der Waals surface area contributed by atoms with Gasteiger partial charge in [0.05, 0.1) is 5.52 Å². The van der Waals surface area contributed by atoms with Crippen LogP contribution < -0.4 is 14.8 Å². The zero-order chi connectivity index (χ0) is 20.0. The van der Waals surface area contributed by atoms with Crippen LogP contribution in [0.15, 0.2) is 12.1 Å². The molecule has 0 amide bonds. The maximum Gasteiger partial charge on any atom is 0.451 e. The maximum absolute atomic E-state index is 13.2. The number of hydrogen-bond donors (Lipinski definition) is 2. The van der Waals surface area contributed by atoms with E-state index in [1.165, 1.54) is 0 Å². The highest BCUT2D eigenvalue weighted by molar-refractivity contribution is 7.87. The Morgan fingerprint density at radius 1 is 1.22 bits per heavy atom. The van der Waals surface area contributed by atoms with Gasteiger partial charge in [-0.15, -0.1) is 0 Å². The van der Waals surface area contributed by atoms with Crippen LogP contribution >= 0.6 is 0 Å². The van der Waals surface area contributed by atoms with Crippen molar-refractivity contribution in [3.05, 3.63) is 29.1 Å². The quantitative estimate of drug-likeness (QED) is 0.794. The van der Waals surface area contributed by atoms with E-state index in [1.807, 2.05) is 13.8 Å². The minimum Gasteiger partial charge on any atom is -0.355 e. The van der Waals surface area contributed by atoms with E-state index in [1.54, 1.807) is 17.0 Å². The summed E-state index contributed by atoms with van der Waals surface area (Å²) in [6.45, 7) is 4.87. The molecule has 1 saturated heterocycles. The topological polar surface area (TPSA) is 101 Å². The van der Waals surface area contributed by atoms with Gasteiger partial charge in [0.25, 0.3) is 10.2 Å². The van der Waals surface area contributed by atoms with Gasteiger partial charge in [-0.05, 0) is 49.4 Å². The molecule has 0 atom stereocenters. The molecule has 3 rings (SSSR count). The van der Waals surface area contributed by atoms with E-state index >= 15 is 0 Å². The Balaban J connectivity index is 1.85. The van der Waals surface area contributed by atoms with Crippen molar-refractivity contribution in [2.45, 2.75) is 26.4 Å². The van der Waals surface area contributed by atoms with Gasteiger partial charge in [-0.1, -0.05) is 0 Å². The molecular weight excluding hydrogens is 383 g/mol. The third kappa shape index (κ3) is 4.47. The monoisotopic (exact) mass is 403 g/mol. The van der Waals surface area contributed by atoms with Gasteiger partial charge in [-0.2, -0.15) is 21.6 Å². The standard InChI is InChI=1S/C16H20F3N5O2S/c1-9-5-12-13(6-10(9)2)22-15(16(17,18)19)23-14(12)24-7-11(8-24)3-4-21-27(20,25)26/h5-6,11,21H,3-4,7-8H2,1-2H3,(H2,20,25,26). The fourth-order valence-electron chi connectivity index (χ4n) is 3.07. The zero-order valence-corrected chi connectivity index (χ0v) is 15.7. The number of nitrogens with two attached hydrogens (primary N) is 1. The number of anilines is 1. The summed E-state index contributed by atoms with van der Waals surface area (Å²) in [5.41, 5.74) is 2.06. The number of rotatable bonds is 5. The summed E-state index contributed by atoms with van der Waals surface area (Å²) in [6, 6.07) is 3.44. The van der Waals surface area contributed by atoms with E-state index in [2.05, 4.69) is 14.7 Å². The second kappa shape index (κ2) is 6.88. The second-order valence-electron chi connectivity index (χ2n) is 6.82. The number of nitrogens with zero attached hydrogens (tertiary/aromatic N) is 3. The van der Waals surface area contributed by atoms with Crippen LogP contribution in [0.4, 0.5) is 19.0 Å². The Hall–Kier alpha value is -1.98. The Bertz CT molecular complexity index is 972. The average molecular weight is 403 g/mol. The molecule has 0 unspecified atom stereocenters. The molecule has 0 radical (unpaired) electrons. The van der Waals surface area contributed by atoms with Crippen LogP contribution in [0.1, 0.15) is 23.4 Å². The van der Waals surface area contributed by atoms with Crippen LogP contribution in [0.3, 0.4) is 0 Å². The lowest BCUT2D eigenvalue weighted by atomic mass is 9.95. The lowest BCUT2D eigenvalue weighted by Crippen LogP contribution is -2.48. The van der Waals surface area contributed by atoms with Gasteiger partial charge < -0.3 is 4.90 Å². The van der Waals surface area contributed by atoms with E-state index in [0.29, 0.717) is 24.9 Å². The number of halogens is 3. The highest BCUT2D eigenvalue weighted by atomic mass is 32.2. The highest BCUT2D eigenvalue weighted by Crippen LogP contribution is 2.35. The molecule has 0 bridgehead atoms. The molecule has 11 heteroatoms. The molecule has 1 aromatic heterocycles. The minimum atomic E-state index is -4.63. The van der Waals surface area contributed by atoms with Crippen molar-refractivity contribution in [2.24, 2.45) is 11.1 Å². The molecule has 3 N–H and O–H groups in total. The number of hydrogen-bond acceptors (Lipinski definition) is 5. The summed E-state index contributed by atoms with van der Waals surface area (Å²) >= 11 is 0. The van der Waals surface area contributed by atoms with Gasteiger partial charge in [0.1, 0.15) is 5.82 Å². The summed E-state index contributed by atoms with van der Waals surface area (Å²) in [4.78, 5) is 9.23.